The van der Waals surface area contributed by atoms with E-state index < -0.39 is 11.9 Å². The van der Waals surface area contributed by atoms with Crippen LogP contribution in [0.25, 0.3) is 0 Å². The minimum atomic E-state index is -0.461. The molecule has 6 nitrogen and oxygen atoms in total. The Bertz CT molecular complexity index is 800. The molecule has 0 spiro atoms. The third-order valence-electron chi connectivity index (χ3n) is 3.94. The van der Waals surface area contributed by atoms with Gasteiger partial charge in [0.25, 0.3) is 0 Å². The number of carbonyl (C=O) groups is 2. The standard InChI is InChI=1S/C19H22ClN3O3.ClH/c1-12-9-13(26-2)7-8-14(12)19(15-5-3-4-6-16(15)20)23-18(25)11-22-17(24)10-21;/h3-9,19H,10-11,21H2,1-2H3,(H,22,24)(H,23,25);1H. The van der Waals surface area contributed by atoms with Crippen molar-refractivity contribution < 1.29 is 14.3 Å². The van der Waals surface area contributed by atoms with Gasteiger partial charge in [-0.05, 0) is 41.8 Å². The molecule has 0 aliphatic heterocycles. The van der Waals surface area contributed by atoms with Gasteiger partial charge in [0.1, 0.15) is 5.75 Å². The molecule has 0 heterocycles. The maximum absolute atomic E-state index is 12.3. The number of methoxy groups -OCH3 is 1. The lowest BCUT2D eigenvalue weighted by atomic mass is 9.94. The summed E-state index contributed by atoms with van der Waals surface area (Å²) in [6, 6.07) is 12.5. The maximum atomic E-state index is 12.3. The van der Waals surface area contributed by atoms with Gasteiger partial charge < -0.3 is 21.1 Å². The second-order valence-electron chi connectivity index (χ2n) is 5.73. The van der Waals surface area contributed by atoms with E-state index in [1.54, 1.807) is 13.2 Å². The zero-order chi connectivity index (χ0) is 19.1. The van der Waals surface area contributed by atoms with Crippen molar-refractivity contribution in [3.05, 3.63) is 64.2 Å². The van der Waals surface area contributed by atoms with Gasteiger partial charge in [-0.15, -0.1) is 12.4 Å². The number of hydrogen-bond donors (Lipinski definition) is 3. The molecular weight excluding hydrogens is 389 g/mol. The van der Waals surface area contributed by atoms with Crippen molar-refractivity contribution in [1.29, 1.82) is 0 Å². The zero-order valence-corrected chi connectivity index (χ0v) is 16.7. The van der Waals surface area contributed by atoms with E-state index >= 15 is 0 Å². The molecule has 0 radical (unpaired) electrons. The molecule has 2 aromatic carbocycles. The van der Waals surface area contributed by atoms with Crippen LogP contribution in [0.15, 0.2) is 42.5 Å². The predicted molar refractivity (Wildman–Crippen MR) is 108 cm³/mol. The number of aryl methyl sites for hydroxylation is 1. The number of nitrogens with two attached hydrogens (primary N) is 1. The lowest BCUT2D eigenvalue weighted by Gasteiger charge is -2.23. The fourth-order valence-electron chi connectivity index (χ4n) is 2.59. The summed E-state index contributed by atoms with van der Waals surface area (Å²) in [5.74, 6) is -0.00676. The molecule has 1 unspecified atom stereocenters. The Morgan fingerprint density at radius 2 is 1.85 bits per heavy atom. The molecule has 1 atom stereocenters. The number of amides is 2. The largest absolute Gasteiger partial charge is 0.497 e. The van der Waals surface area contributed by atoms with Gasteiger partial charge in [-0.3, -0.25) is 9.59 Å². The molecule has 27 heavy (non-hydrogen) atoms. The minimum Gasteiger partial charge on any atom is -0.497 e. The average molecular weight is 412 g/mol. The SMILES string of the molecule is COc1ccc(C(NC(=O)CNC(=O)CN)c2ccccc2Cl)c(C)c1.Cl. The predicted octanol–water partition coefficient (Wildman–Crippen LogP) is 2.36. The fourth-order valence-corrected chi connectivity index (χ4v) is 2.84. The fraction of sp³-hybridized carbons (Fsp3) is 0.263. The lowest BCUT2D eigenvalue weighted by Crippen LogP contribution is -2.41. The summed E-state index contributed by atoms with van der Waals surface area (Å²) in [7, 11) is 1.60. The van der Waals surface area contributed by atoms with Gasteiger partial charge in [0.15, 0.2) is 0 Å². The zero-order valence-electron chi connectivity index (χ0n) is 15.1. The number of nitrogens with one attached hydrogen (secondary N) is 2. The Kier molecular flexibility index (Phi) is 9.08. The van der Waals surface area contributed by atoms with Gasteiger partial charge in [-0.25, -0.2) is 0 Å². The van der Waals surface area contributed by atoms with E-state index in [4.69, 9.17) is 22.1 Å². The van der Waals surface area contributed by atoms with Gasteiger partial charge in [0.2, 0.25) is 11.8 Å². The molecule has 0 saturated carbocycles. The summed E-state index contributed by atoms with van der Waals surface area (Å²) in [6.07, 6.45) is 0. The second-order valence-corrected chi connectivity index (χ2v) is 6.13. The van der Waals surface area contributed by atoms with Crippen LogP contribution in [0.1, 0.15) is 22.7 Å². The van der Waals surface area contributed by atoms with E-state index in [9.17, 15) is 9.59 Å². The molecule has 8 heteroatoms. The van der Waals surface area contributed by atoms with E-state index in [2.05, 4.69) is 10.6 Å². The number of benzene rings is 2. The van der Waals surface area contributed by atoms with Crippen LogP contribution in [0.3, 0.4) is 0 Å². The molecule has 0 fully saturated rings. The van der Waals surface area contributed by atoms with Crippen molar-refractivity contribution in [2.24, 2.45) is 5.73 Å². The Morgan fingerprint density at radius 3 is 2.44 bits per heavy atom. The van der Waals surface area contributed by atoms with Crippen molar-refractivity contribution in [3.63, 3.8) is 0 Å². The van der Waals surface area contributed by atoms with Crippen LogP contribution in [0.2, 0.25) is 5.02 Å². The van der Waals surface area contributed by atoms with Gasteiger partial charge >= 0.3 is 0 Å². The lowest BCUT2D eigenvalue weighted by molar-refractivity contribution is -0.125. The van der Waals surface area contributed by atoms with Gasteiger partial charge in [-0.2, -0.15) is 0 Å². The molecule has 146 valence electrons. The third kappa shape index (κ3) is 6.13. The highest BCUT2D eigenvalue weighted by Gasteiger charge is 2.21. The highest BCUT2D eigenvalue weighted by Crippen LogP contribution is 2.31. The molecule has 2 aromatic rings. The second kappa shape index (κ2) is 10.8. The summed E-state index contributed by atoms with van der Waals surface area (Å²) in [6.45, 7) is 1.61. The van der Waals surface area contributed by atoms with E-state index in [0.29, 0.717) is 5.02 Å². The first-order chi connectivity index (χ1) is 12.5. The quantitative estimate of drug-likeness (QED) is 0.651. The highest BCUT2D eigenvalue weighted by atomic mass is 35.5. The van der Waals surface area contributed by atoms with Crippen molar-refractivity contribution in [1.82, 2.24) is 10.6 Å². The van der Waals surface area contributed by atoms with Crippen LogP contribution in [-0.4, -0.2) is 32.0 Å². The van der Waals surface area contributed by atoms with E-state index in [-0.39, 0.29) is 31.4 Å². The summed E-state index contributed by atoms with van der Waals surface area (Å²) in [5, 5.41) is 5.93. The van der Waals surface area contributed by atoms with E-state index in [1.165, 1.54) is 0 Å². The molecule has 0 aromatic heterocycles. The topological polar surface area (TPSA) is 93.5 Å². The Hall–Kier alpha value is -2.28. The van der Waals surface area contributed by atoms with Crippen LogP contribution in [0, 0.1) is 6.92 Å². The van der Waals surface area contributed by atoms with Crippen LogP contribution in [0.4, 0.5) is 0 Å². The monoisotopic (exact) mass is 411 g/mol. The summed E-state index contributed by atoms with van der Waals surface area (Å²) >= 11 is 6.35. The minimum absolute atomic E-state index is 0. The first kappa shape index (κ1) is 22.8. The Balaban J connectivity index is 0.00000364. The van der Waals surface area contributed by atoms with Crippen molar-refractivity contribution in [2.75, 3.05) is 20.2 Å². The normalized spacial score (nSPS) is 11.1. The molecule has 0 aliphatic carbocycles. The molecule has 2 rings (SSSR count). The van der Waals surface area contributed by atoms with Crippen LogP contribution >= 0.6 is 24.0 Å². The average Bonchev–Trinajstić information content (AvgIpc) is 2.65. The smallest absolute Gasteiger partial charge is 0.240 e. The number of hydrogen-bond acceptors (Lipinski definition) is 4. The molecule has 0 aliphatic rings. The Morgan fingerprint density at radius 1 is 1.15 bits per heavy atom. The first-order valence-electron chi connectivity index (χ1n) is 8.11. The molecule has 4 N–H and O–H groups in total. The van der Waals surface area contributed by atoms with E-state index in [0.717, 1.165) is 22.4 Å². The van der Waals surface area contributed by atoms with Gasteiger partial charge in [0.05, 0.1) is 26.2 Å². The molecular formula is C19H23Cl2N3O3. The Labute approximate surface area is 169 Å². The van der Waals surface area contributed by atoms with Gasteiger partial charge in [0, 0.05) is 5.02 Å². The molecule has 0 bridgehead atoms. The maximum Gasteiger partial charge on any atom is 0.240 e. The summed E-state index contributed by atoms with van der Waals surface area (Å²) < 4.78 is 5.24. The van der Waals surface area contributed by atoms with Crippen molar-refractivity contribution in [2.45, 2.75) is 13.0 Å². The van der Waals surface area contributed by atoms with Crippen molar-refractivity contribution in [3.8, 4) is 5.75 Å². The van der Waals surface area contributed by atoms with Crippen LogP contribution < -0.4 is 21.1 Å². The van der Waals surface area contributed by atoms with E-state index in [1.807, 2.05) is 43.3 Å². The summed E-state index contributed by atoms with van der Waals surface area (Å²) in [5.41, 5.74) is 7.83. The highest BCUT2D eigenvalue weighted by molar-refractivity contribution is 6.31. The molecule has 2 amide bonds. The van der Waals surface area contributed by atoms with Crippen LogP contribution in [0.5, 0.6) is 5.75 Å². The van der Waals surface area contributed by atoms with Gasteiger partial charge in [-0.1, -0.05) is 35.9 Å². The summed E-state index contributed by atoms with van der Waals surface area (Å²) in [4.78, 5) is 23.6. The number of ether oxygens (including phenoxy) is 1. The molecule has 0 saturated heterocycles. The number of rotatable bonds is 7. The van der Waals surface area contributed by atoms with Crippen LogP contribution in [-0.2, 0) is 9.59 Å². The first-order valence-corrected chi connectivity index (χ1v) is 8.49. The van der Waals surface area contributed by atoms with Crippen molar-refractivity contribution >= 4 is 35.8 Å². The number of carbonyl (C=O) groups excluding carboxylic acids is 2. The number of halogens is 2. The third-order valence-corrected chi connectivity index (χ3v) is 4.29.